The fraction of sp³-hybridized carbons (Fsp3) is 0.368. The van der Waals surface area contributed by atoms with Crippen LogP contribution in [0, 0.1) is 12.8 Å². The molecule has 1 aliphatic rings. The summed E-state index contributed by atoms with van der Waals surface area (Å²) in [5, 5.41) is 0. The number of benzene rings is 2. The van der Waals surface area contributed by atoms with Gasteiger partial charge in [0.25, 0.3) is 0 Å². The molecule has 0 bridgehead atoms. The van der Waals surface area contributed by atoms with E-state index < -0.39 is 0 Å². The Kier molecular flexibility index (Phi) is 4.14. The number of aryl methyl sites for hydroxylation is 1. The van der Waals surface area contributed by atoms with E-state index in [-0.39, 0.29) is 0 Å². The predicted molar refractivity (Wildman–Crippen MR) is 90.7 cm³/mol. The van der Waals surface area contributed by atoms with E-state index in [1.807, 2.05) is 6.07 Å². The second-order valence-electron chi connectivity index (χ2n) is 6.17. The number of piperidine rings is 1. The summed E-state index contributed by atoms with van der Waals surface area (Å²) in [6.07, 6.45) is 3.75. The molecular weight excluding hydrogens is 256 g/mol. The summed E-state index contributed by atoms with van der Waals surface area (Å²) in [4.78, 5) is 2.49. The Morgan fingerprint density at radius 1 is 1.05 bits per heavy atom. The molecule has 0 aromatic heterocycles. The third-order valence-electron chi connectivity index (χ3n) is 4.56. The minimum Gasteiger partial charge on any atom is -0.399 e. The molecule has 0 amide bonds. The lowest BCUT2D eigenvalue weighted by atomic mass is 9.90. The summed E-state index contributed by atoms with van der Waals surface area (Å²) in [6.45, 7) is 4.45. The van der Waals surface area contributed by atoms with Crippen molar-refractivity contribution in [2.24, 2.45) is 5.92 Å². The zero-order valence-corrected chi connectivity index (χ0v) is 12.8. The maximum Gasteiger partial charge on any atom is 0.0416 e. The van der Waals surface area contributed by atoms with Crippen molar-refractivity contribution in [3.8, 4) is 0 Å². The maximum absolute atomic E-state index is 5.94. The molecule has 2 aromatic carbocycles. The van der Waals surface area contributed by atoms with Crippen molar-refractivity contribution < 1.29 is 0 Å². The molecule has 1 fully saturated rings. The topological polar surface area (TPSA) is 29.3 Å². The quantitative estimate of drug-likeness (QED) is 0.860. The second-order valence-corrected chi connectivity index (χ2v) is 6.17. The summed E-state index contributed by atoms with van der Waals surface area (Å²) < 4.78 is 0. The van der Waals surface area contributed by atoms with Crippen LogP contribution >= 0.6 is 0 Å². The van der Waals surface area contributed by atoms with E-state index in [0.717, 1.165) is 24.7 Å². The molecule has 1 aliphatic heterocycles. The zero-order valence-electron chi connectivity index (χ0n) is 12.8. The minimum atomic E-state index is 0.810. The molecule has 0 spiro atoms. The number of hydrogen-bond donors (Lipinski definition) is 1. The largest absolute Gasteiger partial charge is 0.399 e. The van der Waals surface area contributed by atoms with Gasteiger partial charge in [-0.2, -0.15) is 0 Å². The van der Waals surface area contributed by atoms with Crippen molar-refractivity contribution in [2.75, 3.05) is 23.7 Å². The van der Waals surface area contributed by atoms with Crippen molar-refractivity contribution in [2.45, 2.75) is 26.2 Å². The summed E-state index contributed by atoms with van der Waals surface area (Å²) >= 11 is 0. The number of hydrogen-bond acceptors (Lipinski definition) is 2. The first-order valence-electron chi connectivity index (χ1n) is 7.87. The van der Waals surface area contributed by atoms with E-state index in [1.165, 1.54) is 36.1 Å². The number of nitrogens with two attached hydrogens (primary N) is 1. The monoisotopic (exact) mass is 280 g/mol. The Labute approximate surface area is 127 Å². The highest BCUT2D eigenvalue weighted by atomic mass is 15.1. The van der Waals surface area contributed by atoms with Gasteiger partial charge in [-0.05, 0) is 55.4 Å². The second kappa shape index (κ2) is 6.21. The molecule has 2 aromatic rings. The Bertz CT molecular complexity index is 584. The van der Waals surface area contributed by atoms with Crippen molar-refractivity contribution in [1.82, 2.24) is 0 Å². The van der Waals surface area contributed by atoms with Gasteiger partial charge in [-0.15, -0.1) is 0 Å². The van der Waals surface area contributed by atoms with Gasteiger partial charge in [0.15, 0.2) is 0 Å². The minimum absolute atomic E-state index is 0.810. The van der Waals surface area contributed by atoms with Crippen LogP contribution in [0.25, 0.3) is 0 Å². The van der Waals surface area contributed by atoms with Crippen molar-refractivity contribution in [1.29, 1.82) is 0 Å². The molecular formula is C19H24N2. The van der Waals surface area contributed by atoms with Crippen LogP contribution in [0.1, 0.15) is 24.0 Å². The van der Waals surface area contributed by atoms with Gasteiger partial charge >= 0.3 is 0 Å². The van der Waals surface area contributed by atoms with Crippen LogP contribution in [0.3, 0.4) is 0 Å². The summed E-state index contributed by atoms with van der Waals surface area (Å²) in [6, 6.07) is 17.1. The highest BCUT2D eigenvalue weighted by Gasteiger charge is 2.20. The first kappa shape index (κ1) is 14.0. The van der Waals surface area contributed by atoms with Gasteiger partial charge in [-0.1, -0.05) is 36.4 Å². The SMILES string of the molecule is Cc1ccc(N)cc1N1CCC(Cc2ccccc2)CC1. The normalized spacial score (nSPS) is 16.1. The van der Waals surface area contributed by atoms with Gasteiger partial charge in [0.05, 0.1) is 0 Å². The Hall–Kier alpha value is -1.96. The molecule has 0 radical (unpaired) electrons. The van der Waals surface area contributed by atoms with Crippen molar-refractivity contribution in [3.05, 3.63) is 59.7 Å². The molecule has 2 nitrogen and oxygen atoms in total. The highest BCUT2D eigenvalue weighted by molar-refractivity contribution is 5.61. The van der Waals surface area contributed by atoms with E-state index in [0.29, 0.717) is 0 Å². The van der Waals surface area contributed by atoms with E-state index >= 15 is 0 Å². The first-order valence-corrected chi connectivity index (χ1v) is 7.87. The van der Waals surface area contributed by atoms with Gasteiger partial charge in [0.2, 0.25) is 0 Å². The number of anilines is 2. The molecule has 2 heteroatoms. The number of rotatable bonds is 3. The van der Waals surface area contributed by atoms with Crippen molar-refractivity contribution in [3.63, 3.8) is 0 Å². The van der Waals surface area contributed by atoms with E-state index in [2.05, 4.69) is 54.3 Å². The third-order valence-corrected chi connectivity index (χ3v) is 4.56. The average Bonchev–Trinajstić information content (AvgIpc) is 2.52. The molecule has 2 N–H and O–H groups in total. The number of nitrogen functional groups attached to an aromatic ring is 1. The molecule has 3 rings (SSSR count). The highest BCUT2D eigenvalue weighted by Crippen LogP contribution is 2.29. The maximum atomic E-state index is 5.94. The molecule has 1 saturated heterocycles. The number of nitrogens with zero attached hydrogens (tertiary/aromatic N) is 1. The fourth-order valence-electron chi connectivity index (χ4n) is 3.29. The molecule has 1 heterocycles. The van der Waals surface area contributed by atoms with E-state index in [1.54, 1.807) is 0 Å². The van der Waals surface area contributed by atoms with Crippen molar-refractivity contribution >= 4 is 11.4 Å². The summed E-state index contributed by atoms with van der Waals surface area (Å²) in [7, 11) is 0. The lowest BCUT2D eigenvalue weighted by Crippen LogP contribution is -2.34. The Morgan fingerprint density at radius 3 is 2.48 bits per heavy atom. The smallest absolute Gasteiger partial charge is 0.0416 e. The van der Waals surface area contributed by atoms with Gasteiger partial charge < -0.3 is 10.6 Å². The molecule has 0 atom stereocenters. The average molecular weight is 280 g/mol. The van der Waals surface area contributed by atoms with Gasteiger partial charge in [-0.25, -0.2) is 0 Å². The van der Waals surface area contributed by atoms with Crippen LogP contribution in [0.15, 0.2) is 48.5 Å². The Balaban J connectivity index is 1.61. The standard InChI is InChI=1S/C19H24N2/c1-15-7-8-18(20)14-19(15)21-11-9-17(10-12-21)13-16-5-3-2-4-6-16/h2-8,14,17H,9-13,20H2,1H3. The fourth-order valence-corrected chi connectivity index (χ4v) is 3.29. The van der Waals surface area contributed by atoms with Crippen LogP contribution in [0.2, 0.25) is 0 Å². The van der Waals surface area contributed by atoms with Gasteiger partial charge in [-0.3, -0.25) is 0 Å². The van der Waals surface area contributed by atoms with Crippen LogP contribution in [-0.4, -0.2) is 13.1 Å². The predicted octanol–water partition coefficient (Wildman–Crippen LogP) is 4.04. The molecule has 110 valence electrons. The van der Waals surface area contributed by atoms with E-state index in [4.69, 9.17) is 5.73 Å². The molecule has 0 aliphatic carbocycles. The van der Waals surface area contributed by atoms with Crippen LogP contribution < -0.4 is 10.6 Å². The van der Waals surface area contributed by atoms with Gasteiger partial charge in [0.1, 0.15) is 0 Å². The summed E-state index contributed by atoms with van der Waals surface area (Å²) in [5.41, 5.74) is 10.9. The molecule has 0 saturated carbocycles. The molecule has 21 heavy (non-hydrogen) atoms. The lowest BCUT2D eigenvalue weighted by Gasteiger charge is -2.34. The van der Waals surface area contributed by atoms with Crippen LogP contribution in [0.5, 0.6) is 0 Å². The zero-order chi connectivity index (χ0) is 14.7. The van der Waals surface area contributed by atoms with E-state index in [9.17, 15) is 0 Å². The van der Waals surface area contributed by atoms with Crippen LogP contribution in [-0.2, 0) is 6.42 Å². The Morgan fingerprint density at radius 2 is 1.76 bits per heavy atom. The molecule has 0 unspecified atom stereocenters. The third kappa shape index (κ3) is 3.38. The first-order chi connectivity index (χ1) is 10.2. The van der Waals surface area contributed by atoms with Crippen LogP contribution in [0.4, 0.5) is 11.4 Å². The van der Waals surface area contributed by atoms with Gasteiger partial charge in [0, 0.05) is 24.5 Å². The summed E-state index contributed by atoms with van der Waals surface area (Å²) in [5.74, 6) is 0.810. The lowest BCUT2D eigenvalue weighted by molar-refractivity contribution is 0.403.